The van der Waals surface area contributed by atoms with Crippen molar-refractivity contribution >= 4 is 40.0 Å². The van der Waals surface area contributed by atoms with Gasteiger partial charge in [-0.15, -0.1) is 0 Å². The zero-order chi connectivity index (χ0) is 21.1. The highest BCUT2D eigenvalue weighted by Crippen LogP contribution is 2.24. The first-order valence-electron chi connectivity index (χ1n) is 9.31. The third kappa shape index (κ3) is 4.71. The quantitative estimate of drug-likeness (QED) is 0.513. The predicted octanol–water partition coefficient (Wildman–Crippen LogP) is 4.58. The maximum Gasteiger partial charge on any atom is 0.335 e. The Kier molecular flexibility index (Phi) is 6.12. The number of para-hydroxylation sites is 1. The van der Waals surface area contributed by atoms with Gasteiger partial charge in [0.25, 0.3) is 0 Å². The van der Waals surface area contributed by atoms with E-state index in [1.54, 1.807) is 36.4 Å². The van der Waals surface area contributed by atoms with Gasteiger partial charge in [0.05, 0.1) is 28.3 Å². The van der Waals surface area contributed by atoms with E-state index in [1.807, 2.05) is 6.92 Å². The van der Waals surface area contributed by atoms with Crippen LogP contribution in [0.3, 0.4) is 0 Å². The Bertz CT molecular complexity index is 1060. The molecule has 3 N–H and O–H groups in total. The number of carbonyl (C=O) groups is 1. The molecule has 3 aromatic rings. The van der Waals surface area contributed by atoms with Gasteiger partial charge >= 0.3 is 5.97 Å². The van der Waals surface area contributed by atoms with Crippen molar-refractivity contribution in [2.75, 3.05) is 5.32 Å². The van der Waals surface area contributed by atoms with Crippen molar-refractivity contribution in [3.63, 3.8) is 0 Å². The van der Waals surface area contributed by atoms with E-state index < -0.39 is 11.8 Å². The Labute approximate surface area is 173 Å². The number of fused-ring (bicyclic) bond motifs is 1. The summed E-state index contributed by atoms with van der Waals surface area (Å²) in [5, 5.41) is 15.5. The first-order chi connectivity index (χ1) is 13.8. The molecule has 2 aromatic carbocycles. The second kappa shape index (κ2) is 8.57. The SMILES string of the molecule is CC(C)Cn1c([C@@H](C)NC(=S)Nc2ccccc2F)nc2cc(C(=O)O)ccc21. The van der Waals surface area contributed by atoms with Crippen molar-refractivity contribution in [2.45, 2.75) is 33.4 Å². The molecule has 0 radical (unpaired) electrons. The fourth-order valence-corrected chi connectivity index (χ4v) is 3.44. The minimum absolute atomic E-state index is 0.190. The normalized spacial score (nSPS) is 12.2. The van der Waals surface area contributed by atoms with Gasteiger partial charge in [-0.1, -0.05) is 26.0 Å². The van der Waals surface area contributed by atoms with Crippen LogP contribution in [0.5, 0.6) is 0 Å². The van der Waals surface area contributed by atoms with Crippen molar-refractivity contribution in [3.8, 4) is 0 Å². The summed E-state index contributed by atoms with van der Waals surface area (Å²) in [5.41, 5.74) is 1.96. The highest BCUT2D eigenvalue weighted by Gasteiger charge is 2.19. The molecule has 1 atom stereocenters. The van der Waals surface area contributed by atoms with Gasteiger partial charge in [-0.25, -0.2) is 14.2 Å². The van der Waals surface area contributed by atoms with Crippen LogP contribution in [0, 0.1) is 11.7 Å². The van der Waals surface area contributed by atoms with Gasteiger partial charge < -0.3 is 20.3 Å². The molecule has 1 aromatic heterocycles. The monoisotopic (exact) mass is 414 g/mol. The van der Waals surface area contributed by atoms with Crippen molar-refractivity contribution in [3.05, 3.63) is 59.7 Å². The molecule has 0 spiro atoms. The van der Waals surface area contributed by atoms with Crippen LogP contribution in [0.1, 0.15) is 43.0 Å². The van der Waals surface area contributed by atoms with Crippen LogP contribution in [0.25, 0.3) is 11.0 Å². The molecule has 6 nitrogen and oxygen atoms in total. The highest BCUT2D eigenvalue weighted by molar-refractivity contribution is 7.80. The fourth-order valence-electron chi connectivity index (χ4n) is 3.15. The largest absolute Gasteiger partial charge is 0.478 e. The first kappa shape index (κ1) is 20.7. The third-order valence-electron chi connectivity index (χ3n) is 4.43. The number of halogens is 1. The van der Waals surface area contributed by atoms with Crippen LogP contribution >= 0.6 is 12.2 Å². The van der Waals surface area contributed by atoms with Crippen molar-refractivity contribution in [1.82, 2.24) is 14.9 Å². The van der Waals surface area contributed by atoms with Gasteiger partial charge in [0.2, 0.25) is 0 Å². The summed E-state index contributed by atoms with van der Waals surface area (Å²) in [7, 11) is 0. The molecule has 29 heavy (non-hydrogen) atoms. The Balaban J connectivity index is 1.89. The van der Waals surface area contributed by atoms with Crippen LogP contribution in [0.4, 0.5) is 10.1 Å². The number of hydrogen-bond donors (Lipinski definition) is 3. The van der Waals surface area contributed by atoms with Gasteiger partial charge in [-0.05, 0) is 55.4 Å². The number of benzene rings is 2. The molecule has 0 aliphatic heterocycles. The minimum atomic E-state index is -0.992. The third-order valence-corrected chi connectivity index (χ3v) is 4.65. The van der Waals surface area contributed by atoms with Gasteiger partial charge in [-0.3, -0.25) is 0 Å². The molecule has 0 saturated heterocycles. The van der Waals surface area contributed by atoms with Gasteiger partial charge in [0, 0.05) is 6.54 Å². The molecular weight excluding hydrogens is 391 g/mol. The lowest BCUT2D eigenvalue weighted by Crippen LogP contribution is -2.32. The standard InChI is InChI=1S/C21H23FN4O2S/c1-12(2)11-26-18-9-8-14(20(27)28)10-17(18)24-19(26)13(3)23-21(29)25-16-7-5-4-6-15(16)22/h4-10,12-13H,11H2,1-3H3,(H,27,28)(H2,23,25,29)/t13-/m1/s1. The lowest BCUT2D eigenvalue weighted by atomic mass is 10.2. The lowest BCUT2D eigenvalue weighted by Gasteiger charge is -2.19. The molecule has 1 heterocycles. The predicted molar refractivity (Wildman–Crippen MR) is 116 cm³/mol. The molecule has 0 bridgehead atoms. The summed E-state index contributed by atoms with van der Waals surface area (Å²) in [6.45, 7) is 6.83. The Morgan fingerprint density at radius 3 is 2.62 bits per heavy atom. The smallest absolute Gasteiger partial charge is 0.335 e. The highest BCUT2D eigenvalue weighted by atomic mass is 32.1. The van der Waals surface area contributed by atoms with E-state index in [0.29, 0.717) is 17.1 Å². The van der Waals surface area contributed by atoms with Crippen molar-refractivity contribution in [1.29, 1.82) is 0 Å². The second-order valence-corrected chi connectivity index (χ2v) is 7.69. The summed E-state index contributed by atoms with van der Waals surface area (Å²) in [5.74, 6) is -0.291. The molecule has 0 saturated carbocycles. The summed E-state index contributed by atoms with van der Waals surface area (Å²) in [6.07, 6.45) is 0. The molecule has 3 rings (SSSR count). The van der Waals surface area contributed by atoms with E-state index >= 15 is 0 Å². The van der Waals surface area contributed by atoms with Crippen LogP contribution in [-0.4, -0.2) is 25.7 Å². The average molecular weight is 415 g/mol. The molecule has 0 fully saturated rings. The van der Waals surface area contributed by atoms with E-state index in [4.69, 9.17) is 12.2 Å². The summed E-state index contributed by atoms with van der Waals surface area (Å²) < 4.78 is 15.9. The molecule has 152 valence electrons. The van der Waals surface area contributed by atoms with Gasteiger partial charge in [0.1, 0.15) is 11.6 Å². The van der Waals surface area contributed by atoms with Crippen molar-refractivity contribution < 1.29 is 14.3 Å². The Morgan fingerprint density at radius 2 is 1.97 bits per heavy atom. The maximum atomic E-state index is 13.8. The van der Waals surface area contributed by atoms with E-state index in [0.717, 1.165) is 17.9 Å². The number of rotatable bonds is 6. The first-order valence-corrected chi connectivity index (χ1v) is 9.72. The number of aromatic carboxylic acids is 1. The number of aromatic nitrogens is 2. The molecule has 8 heteroatoms. The Morgan fingerprint density at radius 1 is 1.24 bits per heavy atom. The van der Waals surface area contributed by atoms with Gasteiger partial charge in [0.15, 0.2) is 5.11 Å². The number of anilines is 1. The van der Waals surface area contributed by atoms with E-state index in [2.05, 4.69) is 34.0 Å². The zero-order valence-electron chi connectivity index (χ0n) is 16.4. The van der Waals surface area contributed by atoms with Crippen LogP contribution in [-0.2, 0) is 6.54 Å². The van der Waals surface area contributed by atoms with Crippen molar-refractivity contribution in [2.24, 2.45) is 5.92 Å². The fraction of sp³-hybridized carbons (Fsp3) is 0.286. The average Bonchev–Trinajstić information content (AvgIpc) is 3.01. The number of carboxylic acids is 1. The Hall–Kier alpha value is -3.00. The summed E-state index contributed by atoms with van der Waals surface area (Å²) in [4.78, 5) is 16.0. The molecule has 0 aliphatic rings. The molecule has 0 unspecified atom stereocenters. The summed E-state index contributed by atoms with van der Waals surface area (Å²) in [6, 6.07) is 10.9. The topological polar surface area (TPSA) is 79.2 Å². The number of nitrogens with one attached hydrogen (secondary N) is 2. The van der Waals surface area contributed by atoms with E-state index in [9.17, 15) is 14.3 Å². The zero-order valence-corrected chi connectivity index (χ0v) is 17.3. The molecular formula is C21H23FN4O2S. The summed E-state index contributed by atoms with van der Waals surface area (Å²) >= 11 is 5.34. The number of hydrogen-bond acceptors (Lipinski definition) is 3. The van der Waals surface area contributed by atoms with Crippen LogP contribution in [0.15, 0.2) is 42.5 Å². The number of nitrogens with zero attached hydrogens (tertiary/aromatic N) is 2. The number of carboxylic acid groups (broad SMARTS) is 1. The molecule has 0 aliphatic carbocycles. The van der Waals surface area contributed by atoms with Crippen LogP contribution in [0.2, 0.25) is 0 Å². The van der Waals surface area contributed by atoms with E-state index in [1.165, 1.54) is 6.07 Å². The lowest BCUT2D eigenvalue weighted by molar-refractivity contribution is 0.0697. The maximum absolute atomic E-state index is 13.8. The number of thiocarbonyl (C=S) groups is 1. The minimum Gasteiger partial charge on any atom is -0.478 e. The van der Waals surface area contributed by atoms with E-state index in [-0.39, 0.29) is 16.7 Å². The number of imidazole rings is 1. The second-order valence-electron chi connectivity index (χ2n) is 7.28. The van der Waals surface area contributed by atoms with Gasteiger partial charge in [-0.2, -0.15) is 0 Å². The molecule has 0 amide bonds. The van der Waals surface area contributed by atoms with Crippen LogP contribution < -0.4 is 10.6 Å².